The van der Waals surface area contributed by atoms with Crippen molar-refractivity contribution in [3.8, 4) is 22.6 Å². The molecule has 7 nitrogen and oxygen atoms in total. The van der Waals surface area contributed by atoms with Crippen LogP contribution in [-0.2, 0) is 6.54 Å². The number of tetrazole rings is 1. The fourth-order valence-electron chi connectivity index (χ4n) is 3.31. The van der Waals surface area contributed by atoms with Crippen LogP contribution in [0.15, 0.2) is 73.1 Å². The van der Waals surface area contributed by atoms with Gasteiger partial charge in [-0.3, -0.25) is 4.79 Å². The second-order valence-electron chi connectivity index (χ2n) is 6.98. The van der Waals surface area contributed by atoms with Gasteiger partial charge in [-0.05, 0) is 33.2 Å². The number of methoxy groups -OCH3 is 1. The lowest BCUT2D eigenvalue weighted by atomic mass is 10.0. The van der Waals surface area contributed by atoms with Crippen molar-refractivity contribution in [2.45, 2.75) is 6.54 Å². The minimum Gasteiger partial charge on any atom is -0.496 e. The third-order valence-corrected chi connectivity index (χ3v) is 5.23. The van der Waals surface area contributed by atoms with E-state index in [0.29, 0.717) is 28.6 Å². The van der Waals surface area contributed by atoms with Crippen LogP contribution in [0.1, 0.15) is 15.9 Å². The predicted molar refractivity (Wildman–Crippen MR) is 118 cm³/mol. The second kappa shape index (κ2) is 8.97. The Morgan fingerprint density at radius 3 is 2.42 bits per heavy atom. The van der Waals surface area contributed by atoms with Crippen molar-refractivity contribution in [1.82, 2.24) is 25.1 Å². The number of amides is 1. The first-order valence-electron chi connectivity index (χ1n) is 9.57. The molecule has 1 heterocycles. The molecule has 4 rings (SSSR count). The first kappa shape index (κ1) is 20.6. The molecule has 3 aromatic carbocycles. The molecule has 0 atom stereocenters. The Hall–Kier alpha value is -3.71. The van der Waals surface area contributed by atoms with Gasteiger partial charge in [0.05, 0.1) is 23.4 Å². The smallest absolute Gasteiger partial charge is 0.257 e. The maximum absolute atomic E-state index is 13.1. The summed E-state index contributed by atoms with van der Waals surface area (Å²) in [6.07, 6.45) is 1.42. The molecule has 1 amide bonds. The van der Waals surface area contributed by atoms with Gasteiger partial charge in [-0.2, -0.15) is 4.68 Å². The lowest BCUT2D eigenvalue weighted by Gasteiger charge is -2.20. The molecule has 0 aliphatic carbocycles. The Kier molecular flexibility index (Phi) is 5.95. The minimum atomic E-state index is -0.200. The SMILES string of the molecule is COc1cc(-n2cnnn2)c(Cl)cc1C(=O)N(C)Cc1ccc(-c2ccccc2)cc1. The lowest BCUT2D eigenvalue weighted by molar-refractivity contribution is 0.0781. The number of ether oxygens (including phenoxy) is 1. The second-order valence-corrected chi connectivity index (χ2v) is 7.39. The van der Waals surface area contributed by atoms with Crippen LogP contribution >= 0.6 is 11.6 Å². The van der Waals surface area contributed by atoms with Gasteiger partial charge >= 0.3 is 0 Å². The summed E-state index contributed by atoms with van der Waals surface area (Å²) in [5.41, 5.74) is 4.20. The highest BCUT2D eigenvalue weighted by Gasteiger charge is 2.20. The zero-order chi connectivity index (χ0) is 21.8. The molecule has 0 saturated carbocycles. The van der Waals surface area contributed by atoms with Crippen LogP contribution in [0.25, 0.3) is 16.8 Å². The van der Waals surface area contributed by atoms with Gasteiger partial charge in [-0.25, -0.2) is 0 Å². The Morgan fingerprint density at radius 1 is 1.06 bits per heavy atom. The first-order valence-corrected chi connectivity index (χ1v) is 9.95. The van der Waals surface area contributed by atoms with Crippen molar-refractivity contribution in [2.75, 3.05) is 14.2 Å². The lowest BCUT2D eigenvalue weighted by Crippen LogP contribution is -2.26. The summed E-state index contributed by atoms with van der Waals surface area (Å²) in [6.45, 7) is 0.448. The van der Waals surface area contributed by atoms with E-state index in [9.17, 15) is 4.79 Å². The molecule has 0 aliphatic heterocycles. The average molecular weight is 434 g/mol. The van der Waals surface area contributed by atoms with Crippen LogP contribution in [0.4, 0.5) is 0 Å². The molecule has 0 saturated heterocycles. The molecule has 156 valence electrons. The fourth-order valence-corrected chi connectivity index (χ4v) is 3.56. The minimum absolute atomic E-state index is 0.200. The molecule has 0 fully saturated rings. The van der Waals surface area contributed by atoms with E-state index in [1.54, 1.807) is 24.1 Å². The van der Waals surface area contributed by atoms with E-state index in [1.165, 1.54) is 18.1 Å². The summed E-state index contributed by atoms with van der Waals surface area (Å²) >= 11 is 6.39. The van der Waals surface area contributed by atoms with E-state index in [2.05, 4.69) is 39.8 Å². The quantitative estimate of drug-likeness (QED) is 0.454. The van der Waals surface area contributed by atoms with Gasteiger partial charge in [0, 0.05) is 19.7 Å². The number of hydrogen-bond donors (Lipinski definition) is 0. The van der Waals surface area contributed by atoms with Crippen LogP contribution in [0.2, 0.25) is 5.02 Å². The Morgan fingerprint density at radius 2 is 1.77 bits per heavy atom. The summed E-state index contributed by atoms with van der Waals surface area (Å²) in [5, 5.41) is 11.4. The highest BCUT2D eigenvalue weighted by atomic mass is 35.5. The monoisotopic (exact) mass is 433 g/mol. The van der Waals surface area contributed by atoms with Crippen molar-refractivity contribution in [2.24, 2.45) is 0 Å². The number of rotatable bonds is 6. The highest BCUT2D eigenvalue weighted by Crippen LogP contribution is 2.30. The van der Waals surface area contributed by atoms with Crippen LogP contribution in [0.3, 0.4) is 0 Å². The van der Waals surface area contributed by atoms with Gasteiger partial charge in [-0.1, -0.05) is 66.2 Å². The number of hydrogen-bond acceptors (Lipinski definition) is 5. The van der Waals surface area contributed by atoms with E-state index >= 15 is 0 Å². The normalized spacial score (nSPS) is 10.7. The van der Waals surface area contributed by atoms with E-state index in [1.807, 2.05) is 30.3 Å². The number of aromatic nitrogens is 4. The molecule has 1 aromatic heterocycles. The molecule has 0 bridgehead atoms. The van der Waals surface area contributed by atoms with Gasteiger partial charge in [0.1, 0.15) is 12.1 Å². The average Bonchev–Trinajstić information content (AvgIpc) is 3.34. The molecule has 0 unspecified atom stereocenters. The van der Waals surface area contributed by atoms with Crippen molar-refractivity contribution >= 4 is 17.5 Å². The molecular formula is C23H20ClN5O2. The van der Waals surface area contributed by atoms with Crippen LogP contribution in [0.5, 0.6) is 5.75 Å². The molecule has 0 aliphatic rings. The molecule has 31 heavy (non-hydrogen) atoms. The first-order chi connectivity index (χ1) is 15.1. The largest absolute Gasteiger partial charge is 0.496 e. The van der Waals surface area contributed by atoms with Crippen molar-refractivity contribution in [3.05, 3.63) is 89.2 Å². The van der Waals surface area contributed by atoms with Gasteiger partial charge in [0.25, 0.3) is 5.91 Å². The van der Waals surface area contributed by atoms with Gasteiger partial charge in [0.15, 0.2) is 0 Å². The maximum atomic E-state index is 13.1. The Labute approximate surface area is 184 Å². The molecule has 8 heteroatoms. The van der Waals surface area contributed by atoms with Crippen LogP contribution < -0.4 is 4.74 Å². The van der Waals surface area contributed by atoms with E-state index in [-0.39, 0.29) is 5.91 Å². The molecule has 0 radical (unpaired) electrons. The van der Waals surface area contributed by atoms with Crippen molar-refractivity contribution < 1.29 is 9.53 Å². The molecular weight excluding hydrogens is 414 g/mol. The zero-order valence-corrected chi connectivity index (χ0v) is 17.8. The number of nitrogens with zero attached hydrogens (tertiary/aromatic N) is 5. The standard InChI is InChI=1S/C23H20ClN5O2/c1-28(14-16-8-10-18(11-9-16)17-6-4-3-5-7-17)23(30)19-12-20(24)21(13-22(19)31-2)29-15-25-26-27-29/h3-13,15H,14H2,1-2H3. The van der Waals surface area contributed by atoms with Gasteiger partial charge in [-0.15, -0.1) is 5.10 Å². The third-order valence-electron chi connectivity index (χ3n) is 4.92. The Balaban J connectivity index is 1.53. The van der Waals surface area contributed by atoms with Crippen molar-refractivity contribution in [1.29, 1.82) is 0 Å². The van der Waals surface area contributed by atoms with Crippen LogP contribution in [0, 0.1) is 0 Å². The number of benzene rings is 3. The summed E-state index contributed by atoms with van der Waals surface area (Å²) in [4.78, 5) is 14.7. The molecule has 0 spiro atoms. The summed E-state index contributed by atoms with van der Waals surface area (Å²) in [6, 6.07) is 21.5. The topological polar surface area (TPSA) is 73.1 Å². The molecule has 0 N–H and O–H groups in total. The van der Waals surface area contributed by atoms with Gasteiger partial charge in [0.2, 0.25) is 0 Å². The summed E-state index contributed by atoms with van der Waals surface area (Å²) in [5.74, 6) is 0.195. The maximum Gasteiger partial charge on any atom is 0.257 e. The van der Waals surface area contributed by atoms with Crippen LogP contribution in [-0.4, -0.2) is 45.2 Å². The summed E-state index contributed by atoms with van der Waals surface area (Å²) < 4.78 is 6.85. The van der Waals surface area contributed by atoms with Crippen molar-refractivity contribution in [3.63, 3.8) is 0 Å². The van der Waals surface area contributed by atoms with E-state index in [0.717, 1.165) is 16.7 Å². The highest BCUT2D eigenvalue weighted by molar-refractivity contribution is 6.33. The Bertz CT molecular complexity index is 1180. The number of carbonyl (C=O) groups excluding carboxylic acids is 1. The zero-order valence-electron chi connectivity index (χ0n) is 17.1. The van der Waals surface area contributed by atoms with E-state index < -0.39 is 0 Å². The molecule has 4 aromatic rings. The summed E-state index contributed by atoms with van der Waals surface area (Å²) in [7, 11) is 3.25. The predicted octanol–water partition coefficient (Wildman–Crippen LogP) is 4.26. The fraction of sp³-hybridized carbons (Fsp3) is 0.130. The number of halogens is 1. The number of carbonyl (C=O) groups is 1. The van der Waals surface area contributed by atoms with E-state index in [4.69, 9.17) is 16.3 Å². The van der Waals surface area contributed by atoms with Gasteiger partial charge < -0.3 is 9.64 Å². The third kappa shape index (κ3) is 4.41.